The number of sulfonamides is 1. The smallest absolute Gasteiger partial charge is 0.245 e. The molecule has 7 heteroatoms. The SMILES string of the molecule is COCCN(C)S(=O)(=O)c1cc(F)ccc1N. The highest BCUT2D eigenvalue weighted by Crippen LogP contribution is 2.22. The van der Waals surface area contributed by atoms with E-state index in [9.17, 15) is 12.8 Å². The minimum absolute atomic E-state index is 0.0238. The first-order chi connectivity index (χ1) is 7.89. The molecular formula is C10H15FN2O3S. The highest BCUT2D eigenvalue weighted by Gasteiger charge is 2.23. The summed E-state index contributed by atoms with van der Waals surface area (Å²) in [5.74, 6) is -0.641. The third-order valence-corrected chi connectivity index (χ3v) is 4.19. The topological polar surface area (TPSA) is 72.6 Å². The highest BCUT2D eigenvalue weighted by atomic mass is 32.2. The van der Waals surface area contributed by atoms with Crippen molar-refractivity contribution >= 4 is 15.7 Å². The summed E-state index contributed by atoms with van der Waals surface area (Å²) < 4.78 is 43.0. The molecule has 0 saturated carbocycles. The van der Waals surface area contributed by atoms with Crippen LogP contribution in [0.15, 0.2) is 23.1 Å². The van der Waals surface area contributed by atoms with Gasteiger partial charge in [-0.25, -0.2) is 12.8 Å². The Morgan fingerprint density at radius 3 is 2.71 bits per heavy atom. The number of nitrogen functional groups attached to an aromatic ring is 1. The molecule has 0 aliphatic rings. The number of nitrogens with two attached hydrogens (primary N) is 1. The zero-order valence-corrected chi connectivity index (χ0v) is 10.5. The molecule has 0 fully saturated rings. The molecule has 0 aromatic heterocycles. The third kappa shape index (κ3) is 3.15. The molecule has 17 heavy (non-hydrogen) atoms. The monoisotopic (exact) mass is 262 g/mol. The molecule has 0 unspecified atom stereocenters. The number of likely N-dealkylation sites (N-methyl/N-ethyl adjacent to an activating group) is 1. The van der Waals surface area contributed by atoms with E-state index in [4.69, 9.17) is 10.5 Å². The standard InChI is InChI=1S/C10H15FN2O3S/c1-13(5-6-16-2)17(14,15)10-7-8(11)3-4-9(10)12/h3-4,7H,5-6,12H2,1-2H3. The summed E-state index contributed by atoms with van der Waals surface area (Å²) >= 11 is 0. The lowest BCUT2D eigenvalue weighted by atomic mass is 10.3. The summed E-state index contributed by atoms with van der Waals surface area (Å²) in [6.45, 7) is 0.430. The predicted octanol–water partition coefficient (Wildman–Crippen LogP) is 0.675. The molecule has 0 aliphatic heterocycles. The van der Waals surface area contributed by atoms with Gasteiger partial charge in [0.05, 0.1) is 12.3 Å². The molecule has 2 N–H and O–H groups in total. The van der Waals surface area contributed by atoms with Crippen LogP contribution in [0.4, 0.5) is 10.1 Å². The van der Waals surface area contributed by atoms with Gasteiger partial charge in [0.1, 0.15) is 10.7 Å². The summed E-state index contributed by atoms with van der Waals surface area (Å²) in [7, 11) is -0.919. The quantitative estimate of drug-likeness (QED) is 0.792. The fourth-order valence-electron chi connectivity index (χ4n) is 1.24. The average molecular weight is 262 g/mol. The molecule has 96 valence electrons. The van der Waals surface area contributed by atoms with Gasteiger partial charge in [0.2, 0.25) is 10.0 Å². The van der Waals surface area contributed by atoms with Gasteiger partial charge in [0.25, 0.3) is 0 Å². The summed E-state index contributed by atoms with van der Waals surface area (Å²) in [5, 5.41) is 0. The van der Waals surface area contributed by atoms with E-state index in [1.807, 2.05) is 0 Å². The first-order valence-corrected chi connectivity index (χ1v) is 6.34. The Labute approximate surface area is 100 Å². The number of rotatable bonds is 5. The number of halogens is 1. The predicted molar refractivity (Wildman–Crippen MR) is 62.5 cm³/mol. The molecule has 0 spiro atoms. The van der Waals surface area contributed by atoms with Crippen molar-refractivity contribution in [2.24, 2.45) is 0 Å². The Morgan fingerprint density at radius 2 is 2.12 bits per heavy atom. The van der Waals surface area contributed by atoms with Gasteiger partial charge in [-0.15, -0.1) is 0 Å². The van der Waals surface area contributed by atoms with Crippen molar-refractivity contribution in [3.8, 4) is 0 Å². The van der Waals surface area contributed by atoms with Gasteiger partial charge in [-0.05, 0) is 18.2 Å². The molecule has 0 radical (unpaired) electrons. The number of hydrogen-bond donors (Lipinski definition) is 1. The second-order valence-corrected chi connectivity index (χ2v) is 5.51. The van der Waals surface area contributed by atoms with Gasteiger partial charge in [-0.2, -0.15) is 4.31 Å². The molecular weight excluding hydrogens is 247 g/mol. The summed E-state index contributed by atoms with van der Waals surface area (Å²) in [6.07, 6.45) is 0. The van der Waals surface area contributed by atoms with E-state index in [2.05, 4.69) is 0 Å². The highest BCUT2D eigenvalue weighted by molar-refractivity contribution is 7.89. The van der Waals surface area contributed by atoms with Gasteiger partial charge in [-0.1, -0.05) is 0 Å². The van der Waals surface area contributed by atoms with Crippen LogP contribution in [0.5, 0.6) is 0 Å². The molecule has 0 saturated heterocycles. The maximum atomic E-state index is 13.0. The van der Waals surface area contributed by atoms with Crippen LogP contribution < -0.4 is 5.73 Å². The van der Waals surface area contributed by atoms with Gasteiger partial charge in [-0.3, -0.25) is 0 Å². The lowest BCUT2D eigenvalue weighted by Gasteiger charge is -2.17. The lowest BCUT2D eigenvalue weighted by molar-refractivity contribution is 0.185. The second kappa shape index (κ2) is 5.44. The zero-order valence-electron chi connectivity index (χ0n) is 9.68. The molecule has 0 heterocycles. The van der Waals surface area contributed by atoms with Gasteiger partial charge in [0.15, 0.2) is 0 Å². The molecule has 0 bridgehead atoms. The van der Waals surface area contributed by atoms with Crippen molar-refractivity contribution < 1.29 is 17.5 Å². The molecule has 1 aromatic carbocycles. The summed E-state index contributed by atoms with van der Waals surface area (Å²) in [6, 6.07) is 3.25. The maximum absolute atomic E-state index is 13.0. The molecule has 1 aromatic rings. The summed E-state index contributed by atoms with van der Waals surface area (Å²) in [4.78, 5) is -0.226. The number of methoxy groups -OCH3 is 1. The lowest BCUT2D eigenvalue weighted by Crippen LogP contribution is -2.30. The molecule has 0 aliphatic carbocycles. The van der Waals surface area contributed by atoms with E-state index in [0.717, 1.165) is 16.4 Å². The van der Waals surface area contributed by atoms with Gasteiger partial charge < -0.3 is 10.5 Å². The van der Waals surface area contributed by atoms with E-state index in [-0.39, 0.29) is 23.7 Å². The average Bonchev–Trinajstić information content (AvgIpc) is 2.28. The Morgan fingerprint density at radius 1 is 1.47 bits per heavy atom. The Kier molecular flexibility index (Phi) is 4.44. The van der Waals surface area contributed by atoms with Crippen molar-refractivity contribution in [3.63, 3.8) is 0 Å². The first-order valence-electron chi connectivity index (χ1n) is 4.90. The number of anilines is 1. The Balaban J connectivity index is 3.08. The van der Waals surface area contributed by atoms with Crippen LogP contribution in [0.25, 0.3) is 0 Å². The van der Waals surface area contributed by atoms with Crippen LogP contribution in [0, 0.1) is 5.82 Å². The first kappa shape index (κ1) is 13.9. The van der Waals surface area contributed by atoms with Crippen molar-refractivity contribution in [1.82, 2.24) is 4.31 Å². The Hall–Kier alpha value is -1.18. The van der Waals surface area contributed by atoms with Crippen LogP contribution in [0.2, 0.25) is 0 Å². The van der Waals surface area contributed by atoms with Crippen molar-refractivity contribution in [1.29, 1.82) is 0 Å². The molecule has 1 rings (SSSR count). The van der Waals surface area contributed by atoms with Crippen LogP contribution >= 0.6 is 0 Å². The maximum Gasteiger partial charge on any atom is 0.245 e. The van der Waals surface area contributed by atoms with Crippen LogP contribution in [0.3, 0.4) is 0 Å². The van der Waals surface area contributed by atoms with E-state index in [0.29, 0.717) is 0 Å². The van der Waals surface area contributed by atoms with E-state index in [1.165, 1.54) is 20.2 Å². The van der Waals surface area contributed by atoms with Crippen molar-refractivity contribution in [2.45, 2.75) is 4.90 Å². The van der Waals surface area contributed by atoms with Crippen molar-refractivity contribution in [2.75, 3.05) is 33.0 Å². The van der Waals surface area contributed by atoms with Gasteiger partial charge >= 0.3 is 0 Å². The number of nitrogens with zero attached hydrogens (tertiary/aromatic N) is 1. The number of hydrogen-bond acceptors (Lipinski definition) is 4. The second-order valence-electron chi connectivity index (χ2n) is 3.50. The van der Waals surface area contributed by atoms with Crippen molar-refractivity contribution in [3.05, 3.63) is 24.0 Å². The van der Waals surface area contributed by atoms with E-state index in [1.54, 1.807) is 0 Å². The van der Waals surface area contributed by atoms with E-state index >= 15 is 0 Å². The normalized spacial score (nSPS) is 12.0. The zero-order chi connectivity index (χ0) is 13.1. The van der Waals surface area contributed by atoms with Crippen LogP contribution in [-0.4, -0.2) is 40.0 Å². The van der Waals surface area contributed by atoms with E-state index < -0.39 is 15.8 Å². The third-order valence-electron chi connectivity index (χ3n) is 2.27. The fraction of sp³-hybridized carbons (Fsp3) is 0.400. The minimum Gasteiger partial charge on any atom is -0.398 e. The van der Waals surface area contributed by atoms with Crippen LogP contribution in [0.1, 0.15) is 0 Å². The number of ether oxygens (including phenoxy) is 1. The van der Waals surface area contributed by atoms with Crippen LogP contribution in [-0.2, 0) is 14.8 Å². The molecule has 0 amide bonds. The van der Waals surface area contributed by atoms with Gasteiger partial charge in [0, 0.05) is 20.7 Å². The minimum atomic E-state index is -3.78. The number of benzene rings is 1. The largest absolute Gasteiger partial charge is 0.398 e. The Bertz CT molecular complexity index is 490. The summed E-state index contributed by atoms with van der Waals surface area (Å²) in [5.41, 5.74) is 5.56. The molecule has 5 nitrogen and oxygen atoms in total. The fourth-order valence-corrected chi connectivity index (χ4v) is 2.52. The molecule has 0 atom stereocenters.